The molecule has 0 bridgehead atoms. The van der Waals surface area contributed by atoms with E-state index in [-0.39, 0.29) is 5.56 Å². The molecule has 1 aliphatic rings. The lowest BCUT2D eigenvalue weighted by molar-refractivity contribution is 0.351. The molecule has 0 atom stereocenters. The lowest BCUT2D eigenvalue weighted by Crippen LogP contribution is -2.37. The van der Waals surface area contributed by atoms with Gasteiger partial charge in [-0.15, -0.1) is 0 Å². The number of fused-ring (bicyclic) bond motifs is 1. The van der Waals surface area contributed by atoms with Crippen LogP contribution in [0.15, 0.2) is 41.7 Å². The average Bonchev–Trinajstić information content (AvgIpc) is 2.76. The molecule has 0 spiro atoms. The van der Waals surface area contributed by atoms with E-state index in [4.69, 9.17) is 4.74 Å². The second-order valence-electron chi connectivity index (χ2n) is 7.24. The van der Waals surface area contributed by atoms with E-state index in [9.17, 15) is 4.79 Å². The Bertz CT molecular complexity index is 1020. The maximum atomic E-state index is 12.8. The summed E-state index contributed by atoms with van der Waals surface area (Å²) in [6.07, 6.45) is 6.27. The van der Waals surface area contributed by atoms with Crippen LogP contribution in [0.4, 0.5) is 5.82 Å². The van der Waals surface area contributed by atoms with Crippen LogP contribution in [-0.2, 0) is 13.0 Å². The van der Waals surface area contributed by atoms with Gasteiger partial charge >= 0.3 is 0 Å². The Morgan fingerprint density at radius 2 is 1.96 bits per heavy atom. The molecule has 0 N–H and O–H groups in total. The molecule has 7 nitrogen and oxygen atoms in total. The molecule has 0 unspecified atom stereocenters. The smallest absolute Gasteiger partial charge is 0.261 e. The first-order valence-corrected chi connectivity index (χ1v) is 9.77. The van der Waals surface area contributed by atoms with Crippen molar-refractivity contribution >= 4 is 16.7 Å². The third-order valence-corrected chi connectivity index (χ3v) is 5.50. The monoisotopic (exact) mass is 379 g/mol. The number of nitrogens with zero attached hydrogens (tertiary/aromatic N) is 5. The van der Waals surface area contributed by atoms with Gasteiger partial charge in [0.05, 0.1) is 24.3 Å². The normalized spacial score (nSPS) is 15.1. The van der Waals surface area contributed by atoms with E-state index in [0.717, 1.165) is 43.9 Å². The molecule has 1 fully saturated rings. The number of benzene rings is 1. The molecule has 2 aromatic heterocycles. The van der Waals surface area contributed by atoms with Crippen molar-refractivity contribution in [2.24, 2.45) is 5.92 Å². The van der Waals surface area contributed by atoms with Gasteiger partial charge in [-0.05, 0) is 37.3 Å². The van der Waals surface area contributed by atoms with Gasteiger partial charge in [-0.25, -0.2) is 15.0 Å². The van der Waals surface area contributed by atoms with Crippen LogP contribution < -0.4 is 15.2 Å². The third kappa shape index (κ3) is 3.69. The molecular weight excluding hydrogens is 354 g/mol. The van der Waals surface area contributed by atoms with Gasteiger partial charge in [0.1, 0.15) is 17.9 Å². The highest BCUT2D eigenvalue weighted by Gasteiger charge is 2.21. The highest BCUT2D eigenvalue weighted by molar-refractivity contribution is 5.78. The van der Waals surface area contributed by atoms with E-state index < -0.39 is 0 Å². The first-order valence-electron chi connectivity index (χ1n) is 9.77. The van der Waals surface area contributed by atoms with E-state index >= 15 is 0 Å². The van der Waals surface area contributed by atoms with Crippen molar-refractivity contribution in [3.63, 3.8) is 0 Å². The molecule has 1 saturated heterocycles. The molecular formula is C21H25N5O2. The zero-order chi connectivity index (χ0) is 19.5. The predicted octanol–water partition coefficient (Wildman–Crippen LogP) is 2.67. The van der Waals surface area contributed by atoms with E-state index in [1.54, 1.807) is 42.5 Å². The molecule has 3 aromatic rings. The van der Waals surface area contributed by atoms with Crippen LogP contribution in [0.3, 0.4) is 0 Å². The Hall–Kier alpha value is -2.96. The minimum atomic E-state index is 0.0125. The van der Waals surface area contributed by atoms with Gasteiger partial charge in [0.25, 0.3) is 5.56 Å². The van der Waals surface area contributed by atoms with Crippen molar-refractivity contribution in [3.05, 3.63) is 53.0 Å². The summed E-state index contributed by atoms with van der Waals surface area (Å²) in [5.74, 6) is 2.17. The lowest BCUT2D eigenvalue weighted by atomic mass is 9.96. The summed E-state index contributed by atoms with van der Waals surface area (Å²) < 4.78 is 6.96. The van der Waals surface area contributed by atoms with Gasteiger partial charge in [0.2, 0.25) is 0 Å². The van der Waals surface area contributed by atoms with Crippen LogP contribution in [-0.4, -0.2) is 39.7 Å². The second-order valence-corrected chi connectivity index (χ2v) is 7.24. The molecule has 28 heavy (non-hydrogen) atoms. The molecule has 7 heteroatoms. The standard InChI is InChI=1S/C21H25N5O2/c1-3-16-10-20(23-13-22-16)25-8-6-15(7-9-25)12-26-14-24-19-11-17(28-2)4-5-18(19)21(26)27/h4-5,10-11,13-15H,3,6-9,12H2,1-2H3. The van der Waals surface area contributed by atoms with E-state index in [1.165, 1.54) is 0 Å². The zero-order valence-corrected chi connectivity index (χ0v) is 16.3. The molecule has 4 rings (SSSR count). The Balaban J connectivity index is 1.44. The Morgan fingerprint density at radius 1 is 1.14 bits per heavy atom. The number of aromatic nitrogens is 4. The maximum Gasteiger partial charge on any atom is 0.261 e. The average molecular weight is 379 g/mol. The molecule has 1 aromatic carbocycles. The van der Waals surface area contributed by atoms with Gasteiger partial charge in [-0.1, -0.05) is 6.92 Å². The maximum absolute atomic E-state index is 12.8. The van der Waals surface area contributed by atoms with Crippen molar-refractivity contribution in [1.82, 2.24) is 19.5 Å². The fraction of sp³-hybridized carbons (Fsp3) is 0.429. The predicted molar refractivity (Wildman–Crippen MR) is 109 cm³/mol. The van der Waals surface area contributed by atoms with Gasteiger partial charge in [0.15, 0.2) is 0 Å². The van der Waals surface area contributed by atoms with Crippen LogP contribution >= 0.6 is 0 Å². The fourth-order valence-corrected chi connectivity index (χ4v) is 3.77. The summed E-state index contributed by atoms with van der Waals surface area (Å²) in [4.78, 5) is 28.3. The molecule has 0 amide bonds. The quantitative estimate of drug-likeness (QED) is 0.679. The fourth-order valence-electron chi connectivity index (χ4n) is 3.77. The number of piperidine rings is 1. The summed E-state index contributed by atoms with van der Waals surface area (Å²) >= 11 is 0. The first kappa shape index (κ1) is 18.4. The number of hydrogen-bond donors (Lipinski definition) is 0. The summed E-state index contributed by atoms with van der Waals surface area (Å²) in [5, 5.41) is 0.633. The van der Waals surface area contributed by atoms with Gasteiger partial charge in [-0.2, -0.15) is 0 Å². The number of hydrogen-bond acceptors (Lipinski definition) is 6. The van der Waals surface area contributed by atoms with Crippen LogP contribution in [0.2, 0.25) is 0 Å². The van der Waals surface area contributed by atoms with Crippen LogP contribution in [0.25, 0.3) is 10.9 Å². The van der Waals surface area contributed by atoms with Crippen LogP contribution in [0, 0.1) is 5.92 Å². The summed E-state index contributed by atoms with van der Waals surface area (Å²) in [5.41, 5.74) is 1.75. The van der Waals surface area contributed by atoms with Crippen molar-refractivity contribution in [2.75, 3.05) is 25.1 Å². The SMILES string of the molecule is CCc1cc(N2CCC(Cn3cnc4cc(OC)ccc4c3=O)CC2)ncn1. The Labute approximate surface area is 164 Å². The minimum Gasteiger partial charge on any atom is -0.497 e. The number of anilines is 1. The highest BCUT2D eigenvalue weighted by Crippen LogP contribution is 2.23. The Morgan fingerprint density at radius 3 is 2.71 bits per heavy atom. The van der Waals surface area contributed by atoms with Crippen LogP contribution in [0.1, 0.15) is 25.5 Å². The van der Waals surface area contributed by atoms with Gasteiger partial charge in [-0.3, -0.25) is 9.36 Å². The minimum absolute atomic E-state index is 0.0125. The molecule has 0 saturated carbocycles. The van der Waals surface area contributed by atoms with E-state index in [2.05, 4.69) is 32.8 Å². The number of rotatable bonds is 5. The number of ether oxygens (including phenoxy) is 1. The van der Waals surface area contributed by atoms with E-state index in [1.807, 2.05) is 0 Å². The van der Waals surface area contributed by atoms with Crippen molar-refractivity contribution in [3.8, 4) is 5.75 Å². The van der Waals surface area contributed by atoms with Crippen LogP contribution in [0.5, 0.6) is 5.75 Å². The summed E-state index contributed by atoms with van der Waals surface area (Å²) in [7, 11) is 1.61. The number of aryl methyl sites for hydroxylation is 1. The van der Waals surface area contributed by atoms with E-state index in [0.29, 0.717) is 29.1 Å². The lowest BCUT2D eigenvalue weighted by Gasteiger charge is -2.33. The van der Waals surface area contributed by atoms with Crippen molar-refractivity contribution < 1.29 is 4.74 Å². The van der Waals surface area contributed by atoms with Crippen molar-refractivity contribution in [2.45, 2.75) is 32.7 Å². The summed E-state index contributed by atoms with van der Waals surface area (Å²) in [6.45, 7) is 4.69. The third-order valence-electron chi connectivity index (χ3n) is 5.50. The van der Waals surface area contributed by atoms with Gasteiger partial charge < -0.3 is 9.64 Å². The Kier molecular flexibility index (Phi) is 5.23. The molecule has 1 aliphatic heterocycles. The molecule has 3 heterocycles. The number of methoxy groups -OCH3 is 1. The molecule has 146 valence electrons. The second kappa shape index (κ2) is 7.96. The largest absolute Gasteiger partial charge is 0.497 e. The zero-order valence-electron chi connectivity index (χ0n) is 16.3. The summed E-state index contributed by atoms with van der Waals surface area (Å²) in [6, 6.07) is 7.47. The van der Waals surface area contributed by atoms with Gasteiger partial charge in [0, 0.05) is 37.5 Å². The highest BCUT2D eigenvalue weighted by atomic mass is 16.5. The molecule has 0 aliphatic carbocycles. The van der Waals surface area contributed by atoms with Crippen molar-refractivity contribution in [1.29, 1.82) is 0 Å². The molecule has 0 radical (unpaired) electrons. The topological polar surface area (TPSA) is 73.1 Å². The first-order chi connectivity index (χ1) is 13.7.